The highest BCUT2D eigenvalue weighted by atomic mass is 35.5. The number of carboxylic acids is 1. The van der Waals surface area contributed by atoms with Crippen LogP contribution in [0.4, 0.5) is 0 Å². The third-order valence-corrected chi connectivity index (χ3v) is 5.51. The lowest BCUT2D eigenvalue weighted by atomic mass is 9.96. The summed E-state index contributed by atoms with van der Waals surface area (Å²) < 4.78 is 22.7. The van der Waals surface area contributed by atoms with E-state index in [0.29, 0.717) is 53.1 Å². The Morgan fingerprint density at radius 2 is 1.84 bits per heavy atom. The lowest BCUT2D eigenvalue weighted by Gasteiger charge is -2.30. The number of ether oxygens (including phenoxy) is 4. The number of aromatic nitrogens is 2. The van der Waals surface area contributed by atoms with E-state index in [9.17, 15) is 9.90 Å². The second kappa shape index (κ2) is 8.90. The molecule has 1 fully saturated rings. The fourth-order valence-electron chi connectivity index (χ4n) is 3.34. The van der Waals surface area contributed by atoms with Gasteiger partial charge in [-0.2, -0.15) is 0 Å². The molecule has 2 aromatic carbocycles. The summed E-state index contributed by atoms with van der Waals surface area (Å²) in [5.74, 6) is -0.610. The Hall–Kier alpha value is -2.94. The molecule has 168 valence electrons. The Balaban J connectivity index is 1.42. The summed E-state index contributed by atoms with van der Waals surface area (Å²) in [6.07, 6.45) is 2.12. The summed E-state index contributed by atoms with van der Waals surface area (Å²) in [7, 11) is 0. The van der Waals surface area contributed by atoms with Gasteiger partial charge in [0, 0.05) is 17.9 Å². The molecule has 1 atom stereocenters. The van der Waals surface area contributed by atoms with Gasteiger partial charge in [-0.15, -0.1) is 0 Å². The molecule has 4 rings (SSSR count). The van der Waals surface area contributed by atoms with Crippen LogP contribution in [0.3, 0.4) is 0 Å². The van der Waals surface area contributed by atoms with Gasteiger partial charge in [0.1, 0.15) is 11.5 Å². The normalized spacial score (nSPS) is 17.1. The maximum Gasteiger partial charge on any atom is 0.347 e. The molecular formula is C23H23ClN2O6. The fraction of sp³-hybridized carbons (Fsp3) is 0.348. The van der Waals surface area contributed by atoms with Gasteiger partial charge in [-0.1, -0.05) is 11.6 Å². The Labute approximate surface area is 190 Å². The molecule has 3 aromatic rings. The number of carboxylic acid groups (broad SMARTS) is 1. The molecule has 1 aliphatic heterocycles. The number of hydrogen-bond donors (Lipinski definition) is 1. The zero-order chi connectivity index (χ0) is 22.8. The van der Waals surface area contributed by atoms with E-state index in [-0.39, 0.29) is 6.42 Å². The van der Waals surface area contributed by atoms with Crippen molar-refractivity contribution in [2.45, 2.75) is 38.1 Å². The highest BCUT2D eigenvalue weighted by Crippen LogP contribution is 2.31. The third-order valence-electron chi connectivity index (χ3n) is 5.28. The van der Waals surface area contributed by atoms with Crippen LogP contribution in [0.1, 0.15) is 26.7 Å². The van der Waals surface area contributed by atoms with E-state index in [4.69, 9.17) is 30.5 Å². The molecule has 2 heterocycles. The smallest absolute Gasteiger partial charge is 0.347 e. The first-order chi connectivity index (χ1) is 15.2. The first-order valence-corrected chi connectivity index (χ1v) is 10.5. The van der Waals surface area contributed by atoms with E-state index in [1.54, 1.807) is 49.4 Å². The number of aliphatic carboxylic acids is 1. The van der Waals surface area contributed by atoms with Crippen LogP contribution in [0, 0.1) is 0 Å². The van der Waals surface area contributed by atoms with Crippen molar-refractivity contribution in [3.63, 3.8) is 0 Å². The van der Waals surface area contributed by atoms with Crippen molar-refractivity contribution in [2.24, 2.45) is 0 Å². The van der Waals surface area contributed by atoms with Gasteiger partial charge in [-0.25, -0.2) is 14.8 Å². The maximum atomic E-state index is 11.9. The van der Waals surface area contributed by atoms with Crippen LogP contribution in [0.5, 0.6) is 17.4 Å². The van der Waals surface area contributed by atoms with Gasteiger partial charge in [-0.3, -0.25) is 0 Å². The average Bonchev–Trinajstić information content (AvgIpc) is 3.21. The Kier molecular flexibility index (Phi) is 6.19. The van der Waals surface area contributed by atoms with Gasteiger partial charge in [0.05, 0.1) is 30.4 Å². The predicted octanol–water partition coefficient (Wildman–Crippen LogP) is 4.84. The maximum absolute atomic E-state index is 11.9. The lowest BCUT2D eigenvalue weighted by molar-refractivity contribution is -0.167. The molecule has 8 nitrogen and oxygen atoms in total. The second-order valence-corrected chi connectivity index (χ2v) is 8.32. The zero-order valence-corrected chi connectivity index (χ0v) is 18.5. The van der Waals surface area contributed by atoms with Crippen LogP contribution in [-0.4, -0.2) is 45.6 Å². The molecule has 1 N–H and O–H groups in total. The summed E-state index contributed by atoms with van der Waals surface area (Å²) >= 11 is 5.97. The molecule has 0 spiro atoms. The highest BCUT2D eigenvalue weighted by Gasteiger charge is 2.40. The summed E-state index contributed by atoms with van der Waals surface area (Å²) in [6.45, 7) is 4.34. The number of benzene rings is 2. The number of rotatable bonds is 8. The van der Waals surface area contributed by atoms with E-state index >= 15 is 0 Å². The number of halogens is 1. The first-order valence-electron chi connectivity index (χ1n) is 10.2. The minimum absolute atomic E-state index is 0.216. The molecule has 0 amide bonds. The van der Waals surface area contributed by atoms with Crippen LogP contribution >= 0.6 is 11.6 Å². The number of fused-ring (bicyclic) bond motifs is 1. The van der Waals surface area contributed by atoms with Crippen molar-refractivity contribution >= 4 is 28.6 Å². The molecule has 9 heteroatoms. The van der Waals surface area contributed by atoms with E-state index < -0.39 is 17.4 Å². The summed E-state index contributed by atoms with van der Waals surface area (Å²) in [5, 5.41) is 10.3. The van der Waals surface area contributed by atoms with Crippen molar-refractivity contribution in [3.05, 3.63) is 53.7 Å². The van der Waals surface area contributed by atoms with Crippen molar-refractivity contribution in [3.8, 4) is 17.4 Å². The molecule has 1 aromatic heterocycles. The standard InChI is InChI=1S/C23H23ClN2O6/c1-22(21(27)28,9-10-23(2)29-11-12-30-23)32-17-6-4-16(5-7-17)31-20-14-25-19-13-15(24)3-8-18(19)26-20/h3-8,13-14H,9-12H2,1-2H3,(H,27,28). The van der Waals surface area contributed by atoms with Crippen LogP contribution in [0.25, 0.3) is 11.0 Å². The molecule has 1 saturated heterocycles. The molecule has 0 saturated carbocycles. The van der Waals surface area contributed by atoms with E-state index in [2.05, 4.69) is 9.97 Å². The van der Waals surface area contributed by atoms with Gasteiger partial charge in [0.2, 0.25) is 11.5 Å². The largest absolute Gasteiger partial charge is 0.478 e. The molecule has 32 heavy (non-hydrogen) atoms. The summed E-state index contributed by atoms with van der Waals surface area (Å²) in [4.78, 5) is 20.6. The van der Waals surface area contributed by atoms with Crippen molar-refractivity contribution in [1.29, 1.82) is 0 Å². The number of nitrogens with zero attached hydrogens (tertiary/aromatic N) is 2. The SMILES string of the molecule is CC1(CCC(C)(Oc2ccc(Oc3cnc4cc(Cl)ccc4n3)cc2)C(=O)O)OCCO1. The third kappa shape index (κ3) is 5.09. The molecular weight excluding hydrogens is 436 g/mol. The summed E-state index contributed by atoms with van der Waals surface area (Å²) in [5.41, 5.74) is -0.108. The van der Waals surface area contributed by atoms with Crippen LogP contribution in [0.2, 0.25) is 5.02 Å². The van der Waals surface area contributed by atoms with Crippen LogP contribution in [0.15, 0.2) is 48.7 Å². The predicted molar refractivity (Wildman–Crippen MR) is 117 cm³/mol. The lowest BCUT2D eigenvalue weighted by Crippen LogP contribution is -2.43. The molecule has 0 radical (unpaired) electrons. The Bertz CT molecular complexity index is 1120. The van der Waals surface area contributed by atoms with Gasteiger partial charge < -0.3 is 24.1 Å². The minimum atomic E-state index is -1.44. The molecule has 1 aliphatic rings. The van der Waals surface area contributed by atoms with Gasteiger partial charge >= 0.3 is 5.97 Å². The topological polar surface area (TPSA) is 100 Å². The van der Waals surface area contributed by atoms with Crippen molar-refractivity contribution in [1.82, 2.24) is 9.97 Å². The van der Waals surface area contributed by atoms with Crippen LogP contribution in [-0.2, 0) is 14.3 Å². The van der Waals surface area contributed by atoms with Crippen molar-refractivity contribution in [2.75, 3.05) is 13.2 Å². The molecule has 1 unspecified atom stereocenters. The molecule has 0 bridgehead atoms. The zero-order valence-electron chi connectivity index (χ0n) is 17.7. The molecule has 0 aliphatic carbocycles. The average molecular weight is 459 g/mol. The van der Waals surface area contributed by atoms with Gasteiger partial charge in [0.15, 0.2) is 5.79 Å². The van der Waals surface area contributed by atoms with Gasteiger partial charge in [0.25, 0.3) is 0 Å². The van der Waals surface area contributed by atoms with E-state index in [1.165, 1.54) is 13.1 Å². The monoisotopic (exact) mass is 458 g/mol. The van der Waals surface area contributed by atoms with Crippen LogP contribution < -0.4 is 9.47 Å². The Morgan fingerprint density at radius 1 is 1.16 bits per heavy atom. The Morgan fingerprint density at radius 3 is 2.53 bits per heavy atom. The van der Waals surface area contributed by atoms with Gasteiger partial charge in [-0.05, 0) is 56.3 Å². The number of hydrogen-bond acceptors (Lipinski definition) is 7. The fourth-order valence-corrected chi connectivity index (χ4v) is 3.51. The quantitative estimate of drug-likeness (QED) is 0.511. The highest BCUT2D eigenvalue weighted by molar-refractivity contribution is 6.31. The van der Waals surface area contributed by atoms with E-state index in [1.807, 2.05) is 0 Å². The van der Waals surface area contributed by atoms with Crippen molar-refractivity contribution < 1.29 is 28.8 Å². The minimum Gasteiger partial charge on any atom is -0.478 e. The first kappa shape index (κ1) is 22.3. The second-order valence-electron chi connectivity index (χ2n) is 7.88. The number of carbonyl (C=O) groups is 1. The summed E-state index contributed by atoms with van der Waals surface area (Å²) in [6, 6.07) is 11.9. The van der Waals surface area contributed by atoms with E-state index in [0.717, 1.165) is 0 Å².